The van der Waals surface area contributed by atoms with Crippen LogP contribution in [0.4, 0.5) is 4.39 Å². The molecule has 0 saturated heterocycles. The average molecular weight is 354 g/mol. The monoisotopic (exact) mass is 354 g/mol. The van der Waals surface area contributed by atoms with Crippen LogP contribution in [0.1, 0.15) is 10.6 Å². The molecule has 3 rings (SSSR count). The molecule has 1 heterocycles. The fourth-order valence-electron chi connectivity index (χ4n) is 2.25. The number of hydrogen-bond acceptors (Lipinski definition) is 5. The van der Waals surface area contributed by atoms with Crippen LogP contribution < -0.4 is 5.32 Å². The summed E-state index contributed by atoms with van der Waals surface area (Å²) in [5, 5.41) is 6.60. The lowest BCUT2D eigenvalue weighted by atomic mass is 10.2. The summed E-state index contributed by atoms with van der Waals surface area (Å²) in [5.41, 5.74) is 1.28. The third-order valence-electron chi connectivity index (χ3n) is 3.53. The Balaban J connectivity index is 1.99. The number of esters is 1. The van der Waals surface area contributed by atoms with Gasteiger partial charge in [-0.25, -0.2) is 14.1 Å². The molecule has 8 heteroatoms. The van der Waals surface area contributed by atoms with Crippen molar-refractivity contribution >= 4 is 11.9 Å². The number of amides is 1. The lowest BCUT2D eigenvalue weighted by molar-refractivity contribution is -0.139. The first-order valence-corrected chi connectivity index (χ1v) is 7.72. The van der Waals surface area contributed by atoms with Crippen molar-refractivity contribution in [3.8, 4) is 17.1 Å². The minimum atomic E-state index is -0.617. The van der Waals surface area contributed by atoms with Crippen LogP contribution in [0.3, 0.4) is 0 Å². The Kier molecular flexibility index (Phi) is 5.02. The maximum Gasteiger partial charge on any atom is 0.325 e. The molecule has 0 saturated carbocycles. The van der Waals surface area contributed by atoms with Gasteiger partial charge in [0.05, 0.1) is 12.8 Å². The number of aromatic nitrogens is 3. The lowest BCUT2D eigenvalue weighted by Crippen LogP contribution is -2.31. The maximum atomic E-state index is 13.2. The summed E-state index contributed by atoms with van der Waals surface area (Å²) in [6.07, 6.45) is 0. The van der Waals surface area contributed by atoms with Crippen molar-refractivity contribution in [3.63, 3.8) is 0 Å². The molecule has 0 fully saturated rings. The zero-order chi connectivity index (χ0) is 18.5. The molecule has 0 unspecified atom stereocenters. The van der Waals surface area contributed by atoms with Crippen LogP contribution in [-0.4, -0.2) is 40.3 Å². The van der Waals surface area contributed by atoms with E-state index in [0.29, 0.717) is 11.5 Å². The summed E-state index contributed by atoms with van der Waals surface area (Å²) in [5.74, 6) is -1.28. The Morgan fingerprint density at radius 3 is 2.46 bits per heavy atom. The van der Waals surface area contributed by atoms with E-state index >= 15 is 0 Å². The van der Waals surface area contributed by atoms with Gasteiger partial charge in [-0.15, -0.1) is 5.10 Å². The number of rotatable bonds is 5. The summed E-state index contributed by atoms with van der Waals surface area (Å²) in [4.78, 5) is 27.7. The lowest BCUT2D eigenvalue weighted by Gasteiger charge is -2.05. The molecule has 132 valence electrons. The second-order valence-electron chi connectivity index (χ2n) is 5.27. The summed E-state index contributed by atoms with van der Waals surface area (Å²) in [7, 11) is 1.23. The van der Waals surface area contributed by atoms with Gasteiger partial charge in [0.2, 0.25) is 5.82 Å². The third kappa shape index (κ3) is 3.75. The molecule has 1 aromatic heterocycles. The summed E-state index contributed by atoms with van der Waals surface area (Å²) in [6.45, 7) is -0.291. The predicted molar refractivity (Wildman–Crippen MR) is 91.1 cm³/mol. The van der Waals surface area contributed by atoms with Gasteiger partial charge in [-0.3, -0.25) is 9.59 Å². The molecule has 1 amide bonds. The standard InChI is InChI=1S/C18H15FN4O3/c1-26-15(24)11-20-18(25)16-21-17(12-5-3-2-4-6-12)23(22-16)14-9-7-13(19)8-10-14/h2-10H,11H2,1H3,(H,20,25). The first-order chi connectivity index (χ1) is 12.6. The van der Waals surface area contributed by atoms with Crippen molar-refractivity contribution in [3.05, 3.63) is 66.2 Å². The van der Waals surface area contributed by atoms with Gasteiger partial charge in [0.15, 0.2) is 5.82 Å². The van der Waals surface area contributed by atoms with Crippen LogP contribution in [0.25, 0.3) is 17.1 Å². The number of hydrogen-bond donors (Lipinski definition) is 1. The highest BCUT2D eigenvalue weighted by molar-refractivity contribution is 5.93. The SMILES string of the molecule is COC(=O)CNC(=O)c1nc(-c2ccccc2)n(-c2ccc(F)cc2)n1. The quantitative estimate of drug-likeness (QED) is 0.708. The zero-order valence-electron chi connectivity index (χ0n) is 13.8. The van der Waals surface area contributed by atoms with E-state index in [1.165, 1.54) is 36.1 Å². The van der Waals surface area contributed by atoms with Gasteiger partial charge in [0.25, 0.3) is 5.91 Å². The van der Waals surface area contributed by atoms with Crippen LogP contribution in [0.15, 0.2) is 54.6 Å². The van der Waals surface area contributed by atoms with Crippen molar-refractivity contribution in [1.29, 1.82) is 0 Å². The Hall–Kier alpha value is -3.55. The second-order valence-corrected chi connectivity index (χ2v) is 5.27. The molecule has 0 radical (unpaired) electrons. The number of carbonyl (C=O) groups excluding carboxylic acids is 2. The smallest absolute Gasteiger partial charge is 0.325 e. The number of ether oxygens (including phenoxy) is 1. The molecule has 7 nitrogen and oxygen atoms in total. The topological polar surface area (TPSA) is 86.1 Å². The predicted octanol–water partition coefficient (Wildman–Crippen LogP) is 1.98. The Labute approximate surface area is 148 Å². The van der Waals surface area contributed by atoms with Crippen molar-refractivity contribution in [2.45, 2.75) is 0 Å². The van der Waals surface area contributed by atoms with Gasteiger partial charge in [-0.05, 0) is 24.3 Å². The minimum absolute atomic E-state index is 0.114. The Bertz CT molecular complexity index is 923. The first-order valence-electron chi connectivity index (χ1n) is 7.72. The second kappa shape index (κ2) is 7.56. The van der Waals surface area contributed by atoms with Crippen LogP contribution in [0.2, 0.25) is 0 Å². The van der Waals surface area contributed by atoms with Crippen LogP contribution in [0.5, 0.6) is 0 Å². The normalized spacial score (nSPS) is 10.4. The van der Waals surface area contributed by atoms with Crippen LogP contribution in [0, 0.1) is 5.82 Å². The van der Waals surface area contributed by atoms with E-state index in [-0.39, 0.29) is 18.2 Å². The average Bonchev–Trinajstić information content (AvgIpc) is 3.12. The molecule has 26 heavy (non-hydrogen) atoms. The van der Waals surface area contributed by atoms with Crippen molar-refractivity contribution in [2.75, 3.05) is 13.7 Å². The molecule has 3 aromatic rings. The number of nitrogens with zero attached hydrogens (tertiary/aromatic N) is 3. The largest absolute Gasteiger partial charge is 0.468 e. The molecule has 0 aliphatic rings. The highest BCUT2D eigenvalue weighted by Crippen LogP contribution is 2.21. The number of carbonyl (C=O) groups is 2. The maximum absolute atomic E-state index is 13.2. The van der Waals surface area contributed by atoms with E-state index in [2.05, 4.69) is 20.1 Å². The summed E-state index contributed by atoms with van der Waals surface area (Å²) < 4.78 is 19.1. The molecule has 0 bridgehead atoms. The fraction of sp³-hybridized carbons (Fsp3) is 0.111. The number of halogens is 1. The number of nitrogens with one attached hydrogen (secondary N) is 1. The Morgan fingerprint density at radius 2 is 1.81 bits per heavy atom. The first kappa shape index (κ1) is 17.3. The molecule has 0 spiro atoms. The van der Waals surface area contributed by atoms with Gasteiger partial charge in [0, 0.05) is 5.56 Å². The van der Waals surface area contributed by atoms with Crippen molar-refractivity contribution in [2.24, 2.45) is 0 Å². The molecular formula is C18H15FN4O3. The van der Waals surface area contributed by atoms with E-state index in [1.54, 1.807) is 0 Å². The summed E-state index contributed by atoms with van der Waals surface area (Å²) >= 11 is 0. The van der Waals surface area contributed by atoms with E-state index < -0.39 is 11.9 Å². The molecular weight excluding hydrogens is 339 g/mol. The van der Waals surface area contributed by atoms with Gasteiger partial charge in [0.1, 0.15) is 12.4 Å². The number of methoxy groups -OCH3 is 1. The molecule has 0 aliphatic heterocycles. The summed E-state index contributed by atoms with van der Waals surface area (Å²) in [6, 6.07) is 14.8. The number of benzene rings is 2. The van der Waals surface area contributed by atoms with Gasteiger partial charge in [-0.1, -0.05) is 30.3 Å². The van der Waals surface area contributed by atoms with Crippen molar-refractivity contribution in [1.82, 2.24) is 20.1 Å². The van der Waals surface area contributed by atoms with E-state index in [1.807, 2.05) is 30.3 Å². The van der Waals surface area contributed by atoms with Gasteiger partial charge >= 0.3 is 5.97 Å². The van der Waals surface area contributed by atoms with Gasteiger partial charge in [-0.2, -0.15) is 0 Å². The van der Waals surface area contributed by atoms with E-state index in [9.17, 15) is 14.0 Å². The van der Waals surface area contributed by atoms with Crippen LogP contribution in [-0.2, 0) is 9.53 Å². The van der Waals surface area contributed by atoms with E-state index in [0.717, 1.165) is 5.56 Å². The third-order valence-corrected chi connectivity index (χ3v) is 3.53. The highest BCUT2D eigenvalue weighted by Gasteiger charge is 2.19. The minimum Gasteiger partial charge on any atom is -0.468 e. The molecule has 2 aromatic carbocycles. The van der Waals surface area contributed by atoms with E-state index in [4.69, 9.17) is 0 Å². The Morgan fingerprint density at radius 1 is 1.12 bits per heavy atom. The zero-order valence-corrected chi connectivity index (χ0v) is 13.8. The van der Waals surface area contributed by atoms with Gasteiger partial charge < -0.3 is 10.1 Å². The molecule has 0 aliphatic carbocycles. The highest BCUT2D eigenvalue weighted by atomic mass is 19.1. The van der Waals surface area contributed by atoms with Crippen molar-refractivity contribution < 1.29 is 18.7 Å². The fourth-order valence-corrected chi connectivity index (χ4v) is 2.25. The molecule has 1 N–H and O–H groups in total. The molecule has 0 atom stereocenters. The van der Waals surface area contributed by atoms with Crippen LogP contribution >= 0.6 is 0 Å².